The molecular weight excluding hydrogens is 528 g/mol. The number of nitrogens with one attached hydrogen (secondary N) is 1. The third-order valence-electron chi connectivity index (χ3n) is 8.14. The minimum Gasteiger partial charge on any atom is -0.348 e. The van der Waals surface area contributed by atoms with Gasteiger partial charge in [0.15, 0.2) is 10.9 Å². The van der Waals surface area contributed by atoms with Gasteiger partial charge in [0, 0.05) is 83.1 Å². The molecule has 0 amide bonds. The molecule has 0 radical (unpaired) electrons. The first-order valence-corrected chi connectivity index (χ1v) is 14.8. The van der Waals surface area contributed by atoms with Crippen molar-refractivity contribution < 1.29 is 4.79 Å². The van der Waals surface area contributed by atoms with E-state index in [-0.39, 0.29) is 5.78 Å². The van der Waals surface area contributed by atoms with Gasteiger partial charge in [0.25, 0.3) is 0 Å². The highest BCUT2D eigenvalue weighted by atomic mass is 32.1. The first-order valence-electron chi connectivity index (χ1n) is 13.9. The van der Waals surface area contributed by atoms with Crippen LogP contribution in [-0.2, 0) is 6.42 Å². The van der Waals surface area contributed by atoms with E-state index in [4.69, 9.17) is 0 Å². The van der Waals surface area contributed by atoms with Gasteiger partial charge in [-0.25, -0.2) is 9.97 Å². The highest BCUT2D eigenvalue weighted by Gasteiger charge is 2.24. The number of hydrogen-bond acceptors (Lipinski definition) is 6. The molecule has 1 aliphatic rings. The number of anilines is 1. The summed E-state index contributed by atoms with van der Waals surface area (Å²) in [5, 5.41) is 14.7. The van der Waals surface area contributed by atoms with E-state index < -0.39 is 0 Å². The SMILES string of the molecule is N#Cc1cccc(-c2cn(C3CCN(c4nccs4)CC3)c3cc(CCC(=O)c4c[nH]c5ncccc45)ccc23)c1. The molecule has 1 fully saturated rings. The van der Waals surface area contributed by atoms with Gasteiger partial charge in [-0.3, -0.25) is 4.79 Å². The second-order valence-electron chi connectivity index (χ2n) is 10.6. The van der Waals surface area contributed by atoms with Crippen LogP contribution in [0.1, 0.15) is 46.8 Å². The summed E-state index contributed by atoms with van der Waals surface area (Å²) in [6.07, 6.45) is 10.8. The van der Waals surface area contributed by atoms with Crippen LogP contribution in [-0.4, -0.2) is 38.4 Å². The van der Waals surface area contributed by atoms with E-state index in [1.165, 1.54) is 10.9 Å². The fourth-order valence-electron chi connectivity index (χ4n) is 6.03. The smallest absolute Gasteiger partial charge is 0.185 e. The number of nitriles is 1. The van der Waals surface area contributed by atoms with Crippen LogP contribution in [0.3, 0.4) is 0 Å². The number of Topliss-reactive ketones (excluding diaryl/α,β-unsaturated/α-hetero) is 1. The summed E-state index contributed by atoms with van der Waals surface area (Å²) < 4.78 is 2.43. The number of aryl methyl sites for hydroxylation is 1. The second-order valence-corrected chi connectivity index (χ2v) is 11.4. The summed E-state index contributed by atoms with van der Waals surface area (Å²) >= 11 is 1.69. The average molecular weight is 557 g/mol. The van der Waals surface area contributed by atoms with Gasteiger partial charge in [-0.05, 0) is 60.7 Å². The Bertz CT molecular complexity index is 1900. The van der Waals surface area contributed by atoms with Crippen LogP contribution in [0, 0.1) is 11.3 Å². The van der Waals surface area contributed by atoms with Crippen LogP contribution in [0.4, 0.5) is 5.13 Å². The van der Waals surface area contributed by atoms with E-state index in [9.17, 15) is 10.1 Å². The largest absolute Gasteiger partial charge is 0.348 e. The van der Waals surface area contributed by atoms with Gasteiger partial charge in [-0.15, -0.1) is 11.3 Å². The molecule has 6 aromatic rings. The number of H-pyrrole nitrogens is 1. The van der Waals surface area contributed by atoms with Crippen LogP contribution in [0.2, 0.25) is 0 Å². The van der Waals surface area contributed by atoms with E-state index in [2.05, 4.69) is 61.0 Å². The molecule has 1 N–H and O–H groups in total. The third-order valence-corrected chi connectivity index (χ3v) is 8.97. The average Bonchev–Trinajstić information content (AvgIpc) is 3.79. The zero-order valence-electron chi connectivity index (χ0n) is 22.5. The number of pyridine rings is 1. The standard InChI is InChI=1S/C33H28N6OS/c34-19-23-3-1-4-24(17-23)29-21-39(25-10-14-38(15-11-25)33-36-13-16-41-33)30-18-22(6-8-26(29)30)7-9-31(40)28-20-37-32-27(28)5-2-12-35-32/h1-6,8,12-13,16-18,20-21,25H,7,9-11,14-15H2,(H,35,37). The topological polar surface area (TPSA) is 90.6 Å². The number of hydrogen-bond donors (Lipinski definition) is 1. The quantitative estimate of drug-likeness (QED) is 0.211. The van der Waals surface area contributed by atoms with E-state index in [1.807, 2.05) is 41.9 Å². The summed E-state index contributed by atoms with van der Waals surface area (Å²) in [6, 6.07) is 20.8. The van der Waals surface area contributed by atoms with Crippen molar-refractivity contribution in [3.8, 4) is 17.2 Å². The van der Waals surface area contributed by atoms with E-state index in [0.717, 1.165) is 58.8 Å². The number of fused-ring (bicyclic) bond motifs is 2. The predicted molar refractivity (Wildman–Crippen MR) is 163 cm³/mol. The minimum atomic E-state index is 0.114. The van der Waals surface area contributed by atoms with Crippen LogP contribution in [0.15, 0.2) is 84.8 Å². The first kappa shape index (κ1) is 25.2. The lowest BCUT2D eigenvalue weighted by molar-refractivity contribution is 0.0984. The van der Waals surface area contributed by atoms with Crippen molar-refractivity contribution in [2.75, 3.05) is 18.0 Å². The molecule has 7 nitrogen and oxygen atoms in total. The molecule has 202 valence electrons. The van der Waals surface area contributed by atoms with Crippen molar-refractivity contribution in [1.29, 1.82) is 5.26 Å². The molecule has 0 atom stereocenters. The Morgan fingerprint density at radius 2 is 1.95 bits per heavy atom. The van der Waals surface area contributed by atoms with E-state index in [1.54, 1.807) is 23.7 Å². The van der Waals surface area contributed by atoms with Crippen molar-refractivity contribution in [3.05, 3.63) is 101 Å². The fraction of sp³-hybridized carbons (Fsp3) is 0.212. The van der Waals surface area contributed by atoms with Gasteiger partial charge in [-0.2, -0.15) is 5.26 Å². The molecule has 0 aliphatic carbocycles. The van der Waals surface area contributed by atoms with Gasteiger partial charge in [0.05, 0.1) is 11.6 Å². The molecule has 2 aromatic carbocycles. The number of carbonyl (C=O) groups is 1. The second kappa shape index (κ2) is 10.7. The highest BCUT2D eigenvalue weighted by molar-refractivity contribution is 7.13. The number of thiazole rings is 1. The number of ketones is 1. The Balaban J connectivity index is 1.20. The zero-order chi connectivity index (χ0) is 27.8. The van der Waals surface area contributed by atoms with Crippen LogP contribution in [0.25, 0.3) is 33.1 Å². The molecule has 8 heteroatoms. The summed E-state index contributed by atoms with van der Waals surface area (Å²) in [4.78, 5) is 27.5. The summed E-state index contributed by atoms with van der Waals surface area (Å²) in [7, 11) is 0. The molecule has 7 rings (SSSR count). The summed E-state index contributed by atoms with van der Waals surface area (Å²) in [6.45, 7) is 1.93. The molecule has 5 heterocycles. The predicted octanol–water partition coefficient (Wildman–Crippen LogP) is 7.17. The van der Waals surface area contributed by atoms with E-state index in [0.29, 0.717) is 30.0 Å². The lowest BCUT2D eigenvalue weighted by Gasteiger charge is -2.33. The Labute approximate surface area is 241 Å². The van der Waals surface area contributed by atoms with Gasteiger partial charge in [-0.1, -0.05) is 24.3 Å². The Morgan fingerprint density at radius 3 is 2.78 bits per heavy atom. The molecule has 0 spiro atoms. The van der Waals surface area contributed by atoms with Crippen molar-refractivity contribution in [2.24, 2.45) is 0 Å². The number of aromatic nitrogens is 4. The van der Waals surface area contributed by atoms with Gasteiger partial charge >= 0.3 is 0 Å². The van der Waals surface area contributed by atoms with E-state index >= 15 is 0 Å². The van der Waals surface area contributed by atoms with Gasteiger partial charge in [0.1, 0.15) is 5.65 Å². The van der Waals surface area contributed by atoms with Crippen LogP contribution >= 0.6 is 11.3 Å². The zero-order valence-corrected chi connectivity index (χ0v) is 23.3. The van der Waals surface area contributed by atoms with Gasteiger partial charge < -0.3 is 14.5 Å². The van der Waals surface area contributed by atoms with Crippen LogP contribution < -0.4 is 4.90 Å². The number of aromatic amines is 1. The number of piperidine rings is 1. The molecular formula is C33H28N6OS. The molecule has 0 bridgehead atoms. The lowest BCUT2D eigenvalue weighted by Crippen LogP contribution is -2.34. The normalized spacial score (nSPS) is 14.1. The molecule has 1 saturated heterocycles. The monoisotopic (exact) mass is 556 g/mol. The molecule has 4 aromatic heterocycles. The summed E-state index contributed by atoms with van der Waals surface area (Å²) in [5.41, 5.74) is 6.59. The van der Waals surface area contributed by atoms with Crippen molar-refractivity contribution in [3.63, 3.8) is 0 Å². The minimum absolute atomic E-state index is 0.114. The van der Waals surface area contributed by atoms with Crippen LogP contribution in [0.5, 0.6) is 0 Å². The maximum absolute atomic E-state index is 13.2. The third kappa shape index (κ3) is 4.79. The Morgan fingerprint density at radius 1 is 1.05 bits per heavy atom. The summed E-state index contributed by atoms with van der Waals surface area (Å²) in [5.74, 6) is 0.114. The first-order chi connectivity index (χ1) is 20.2. The maximum Gasteiger partial charge on any atom is 0.185 e. The molecule has 0 unspecified atom stereocenters. The Kier molecular flexibility index (Phi) is 6.57. The fourth-order valence-corrected chi connectivity index (χ4v) is 6.72. The van der Waals surface area contributed by atoms with Crippen molar-refractivity contribution in [1.82, 2.24) is 19.5 Å². The lowest BCUT2D eigenvalue weighted by atomic mass is 9.99. The van der Waals surface area contributed by atoms with Crippen molar-refractivity contribution in [2.45, 2.75) is 31.7 Å². The molecule has 41 heavy (non-hydrogen) atoms. The molecule has 1 aliphatic heterocycles. The number of nitrogens with zero attached hydrogens (tertiary/aromatic N) is 5. The number of benzene rings is 2. The maximum atomic E-state index is 13.2. The highest BCUT2D eigenvalue weighted by Crippen LogP contribution is 2.37. The number of rotatable bonds is 7. The Hall–Kier alpha value is -4.74. The van der Waals surface area contributed by atoms with Crippen molar-refractivity contribution >= 4 is 44.2 Å². The molecule has 0 saturated carbocycles. The number of carbonyl (C=O) groups excluding carboxylic acids is 1. The van der Waals surface area contributed by atoms with Gasteiger partial charge in [0.2, 0.25) is 0 Å².